The van der Waals surface area contributed by atoms with Gasteiger partial charge in [-0.2, -0.15) is 0 Å². The number of nitrogens with one attached hydrogen (secondary N) is 1. The zero-order valence-electron chi connectivity index (χ0n) is 12.1. The molecule has 0 aromatic heterocycles. The summed E-state index contributed by atoms with van der Waals surface area (Å²) in [5.41, 5.74) is 4.25. The molecule has 6 nitrogen and oxygen atoms in total. The molecule has 2 rings (SSSR count). The van der Waals surface area contributed by atoms with Crippen LogP contribution in [0.1, 0.15) is 32.3 Å². The van der Waals surface area contributed by atoms with Gasteiger partial charge in [0.05, 0.1) is 4.92 Å². The zero-order valence-corrected chi connectivity index (χ0v) is 12.1. The summed E-state index contributed by atoms with van der Waals surface area (Å²) in [6.45, 7) is 7.53. The molecule has 1 heterocycles. The number of nitrogens with zero attached hydrogens (tertiary/aromatic N) is 2. The van der Waals surface area contributed by atoms with E-state index in [0.29, 0.717) is 11.1 Å². The third-order valence-corrected chi connectivity index (χ3v) is 4.03. The van der Waals surface area contributed by atoms with E-state index in [4.69, 9.17) is 5.84 Å². The van der Waals surface area contributed by atoms with Crippen LogP contribution in [0.5, 0.6) is 0 Å². The number of nitrogens with two attached hydrogens (primary N) is 1. The third kappa shape index (κ3) is 3.46. The summed E-state index contributed by atoms with van der Waals surface area (Å²) < 4.78 is 0. The predicted octanol–water partition coefficient (Wildman–Crippen LogP) is 2.50. The van der Waals surface area contributed by atoms with Crippen LogP contribution in [-0.2, 0) is 6.54 Å². The van der Waals surface area contributed by atoms with Gasteiger partial charge in [-0.15, -0.1) is 0 Å². The van der Waals surface area contributed by atoms with Gasteiger partial charge in [0.2, 0.25) is 0 Å². The largest absolute Gasteiger partial charge is 0.318 e. The summed E-state index contributed by atoms with van der Waals surface area (Å²) in [5, 5.41) is 10.9. The van der Waals surface area contributed by atoms with Crippen LogP contribution in [0.25, 0.3) is 0 Å². The van der Waals surface area contributed by atoms with Crippen molar-refractivity contribution in [1.82, 2.24) is 4.90 Å². The van der Waals surface area contributed by atoms with Gasteiger partial charge in [0.1, 0.15) is 5.69 Å². The first kappa shape index (κ1) is 14.7. The second kappa shape index (κ2) is 5.76. The van der Waals surface area contributed by atoms with Crippen molar-refractivity contribution in [3.8, 4) is 0 Å². The molecule has 110 valence electrons. The van der Waals surface area contributed by atoms with Crippen molar-refractivity contribution in [2.45, 2.75) is 33.2 Å². The molecule has 0 amide bonds. The highest BCUT2D eigenvalue weighted by Gasteiger charge is 2.25. The van der Waals surface area contributed by atoms with E-state index in [1.807, 2.05) is 0 Å². The van der Waals surface area contributed by atoms with Gasteiger partial charge in [0.15, 0.2) is 0 Å². The van der Waals surface area contributed by atoms with Gasteiger partial charge < -0.3 is 5.43 Å². The number of hydrogen-bond acceptors (Lipinski definition) is 5. The van der Waals surface area contributed by atoms with E-state index in [1.165, 1.54) is 18.9 Å². The quantitative estimate of drug-likeness (QED) is 0.502. The molecule has 0 bridgehead atoms. The van der Waals surface area contributed by atoms with Crippen molar-refractivity contribution in [3.63, 3.8) is 0 Å². The average molecular weight is 278 g/mol. The van der Waals surface area contributed by atoms with E-state index in [-0.39, 0.29) is 5.69 Å². The van der Waals surface area contributed by atoms with E-state index in [2.05, 4.69) is 24.2 Å². The molecule has 20 heavy (non-hydrogen) atoms. The molecule has 0 atom stereocenters. The molecule has 0 radical (unpaired) electrons. The lowest BCUT2D eigenvalue weighted by atomic mass is 9.82. The Morgan fingerprint density at radius 2 is 2.05 bits per heavy atom. The van der Waals surface area contributed by atoms with Crippen molar-refractivity contribution in [1.29, 1.82) is 0 Å². The summed E-state index contributed by atoms with van der Waals surface area (Å²) in [7, 11) is 0. The van der Waals surface area contributed by atoms with Crippen LogP contribution < -0.4 is 11.3 Å². The van der Waals surface area contributed by atoms with E-state index in [9.17, 15) is 10.1 Å². The van der Waals surface area contributed by atoms with Crippen molar-refractivity contribution in [3.05, 3.63) is 33.9 Å². The first-order valence-electron chi connectivity index (χ1n) is 6.87. The molecule has 1 aromatic carbocycles. The van der Waals surface area contributed by atoms with Crippen LogP contribution >= 0.6 is 0 Å². The number of nitro benzene ring substituents is 1. The smallest absolute Gasteiger partial charge is 0.293 e. The maximum absolute atomic E-state index is 10.9. The number of piperidine rings is 1. The number of anilines is 1. The van der Waals surface area contributed by atoms with Crippen LogP contribution in [0.2, 0.25) is 0 Å². The monoisotopic (exact) mass is 278 g/mol. The molecule has 0 saturated carbocycles. The fraction of sp³-hybridized carbons (Fsp3) is 0.571. The fourth-order valence-corrected chi connectivity index (χ4v) is 2.53. The summed E-state index contributed by atoms with van der Waals surface area (Å²) in [4.78, 5) is 12.8. The van der Waals surface area contributed by atoms with Crippen LogP contribution in [0, 0.1) is 15.5 Å². The van der Waals surface area contributed by atoms with E-state index in [1.54, 1.807) is 12.1 Å². The van der Waals surface area contributed by atoms with Crippen molar-refractivity contribution in [2.24, 2.45) is 11.3 Å². The molecule has 0 spiro atoms. The Labute approximate surface area is 119 Å². The molecule has 1 fully saturated rings. The SMILES string of the molecule is CC1(C)CCN(Cc2ccc([N+](=O)[O-])c(NN)c2)CC1. The number of nitrogen functional groups attached to an aromatic ring is 1. The second-order valence-corrected chi connectivity index (χ2v) is 6.19. The minimum Gasteiger partial charge on any atom is -0.318 e. The molecular formula is C14H22N4O2. The van der Waals surface area contributed by atoms with Gasteiger partial charge in [-0.05, 0) is 43.0 Å². The Kier molecular flexibility index (Phi) is 4.25. The number of hydrogen-bond donors (Lipinski definition) is 2. The van der Waals surface area contributed by atoms with Gasteiger partial charge in [0, 0.05) is 12.6 Å². The molecule has 1 saturated heterocycles. The normalized spacial score (nSPS) is 18.8. The summed E-state index contributed by atoms with van der Waals surface area (Å²) >= 11 is 0. The number of hydrazine groups is 1. The summed E-state index contributed by atoms with van der Waals surface area (Å²) in [6.07, 6.45) is 2.37. The Balaban J connectivity index is 2.05. The molecule has 3 N–H and O–H groups in total. The molecule has 0 aliphatic carbocycles. The maximum Gasteiger partial charge on any atom is 0.293 e. The highest BCUT2D eigenvalue weighted by molar-refractivity contribution is 5.62. The average Bonchev–Trinajstić information content (AvgIpc) is 2.40. The minimum absolute atomic E-state index is 0.0102. The molecule has 1 aliphatic rings. The molecule has 0 unspecified atom stereocenters. The number of nitro groups is 1. The topological polar surface area (TPSA) is 84.4 Å². The molecule has 1 aromatic rings. The van der Waals surface area contributed by atoms with Crippen LogP contribution in [-0.4, -0.2) is 22.9 Å². The fourth-order valence-electron chi connectivity index (χ4n) is 2.53. The number of rotatable bonds is 4. The van der Waals surface area contributed by atoms with E-state index in [0.717, 1.165) is 25.2 Å². The van der Waals surface area contributed by atoms with Crippen molar-refractivity contribution >= 4 is 11.4 Å². The Morgan fingerprint density at radius 3 is 2.60 bits per heavy atom. The van der Waals surface area contributed by atoms with Crippen molar-refractivity contribution < 1.29 is 4.92 Å². The maximum atomic E-state index is 10.9. The predicted molar refractivity (Wildman–Crippen MR) is 79.2 cm³/mol. The van der Waals surface area contributed by atoms with Crippen molar-refractivity contribution in [2.75, 3.05) is 18.5 Å². The lowest BCUT2D eigenvalue weighted by molar-refractivity contribution is -0.384. The first-order valence-corrected chi connectivity index (χ1v) is 6.87. The lowest BCUT2D eigenvalue weighted by Gasteiger charge is -2.36. The Bertz CT molecular complexity index is 492. The standard InChI is InChI=1S/C14H22N4O2/c1-14(2)5-7-17(8-6-14)10-11-3-4-13(18(19)20)12(9-11)16-15/h3-4,9,16H,5-8,10,15H2,1-2H3. The van der Waals surface area contributed by atoms with Gasteiger partial charge in [-0.3, -0.25) is 20.9 Å². The zero-order chi connectivity index (χ0) is 14.8. The van der Waals surface area contributed by atoms with Gasteiger partial charge >= 0.3 is 0 Å². The highest BCUT2D eigenvalue weighted by Crippen LogP contribution is 2.31. The van der Waals surface area contributed by atoms with E-state index >= 15 is 0 Å². The second-order valence-electron chi connectivity index (χ2n) is 6.19. The number of likely N-dealkylation sites (tertiary alicyclic amines) is 1. The third-order valence-electron chi connectivity index (χ3n) is 4.03. The van der Waals surface area contributed by atoms with Crippen LogP contribution in [0.3, 0.4) is 0 Å². The van der Waals surface area contributed by atoms with Gasteiger partial charge in [-0.25, -0.2) is 0 Å². The number of benzene rings is 1. The Hall–Kier alpha value is -1.66. The minimum atomic E-state index is -0.428. The summed E-state index contributed by atoms with van der Waals surface area (Å²) in [6, 6.07) is 5.08. The molecule has 6 heteroatoms. The molecule has 1 aliphatic heterocycles. The lowest BCUT2D eigenvalue weighted by Crippen LogP contribution is -2.36. The van der Waals surface area contributed by atoms with Gasteiger partial charge in [0.25, 0.3) is 5.69 Å². The molecular weight excluding hydrogens is 256 g/mol. The van der Waals surface area contributed by atoms with Crippen LogP contribution in [0.15, 0.2) is 18.2 Å². The Morgan fingerprint density at radius 1 is 1.40 bits per heavy atom. The highest BCUT2D eigenvalue weighted by atomic mass is 16.6. The van der Waals surface area contributed by atoms with Gasteiger partial charge in [-0.1, -0.05) is 19.9 Å². The van der Waals surface area contributed by atoms with Crippen LogP contribution in [0.4, 0.5) is 11.4 Å². The van der Waals surface area contributed by atoms with E-state index < -0.39 is 4.92 Å². The first-order chi connectivity index (χ1) is 9.41. The summed E-state index contributed by atoms with van der Waals surface area (Å²) in [5.74, 6) is 5.36.